The van der Waals surface area contributed by atoms with Gasteiger partial charge in [0.2, 0.25) is 0 Å². The van der Waals surface area contributed by atoms with Gasteiger partial charge in [-0.05, 0) is 85.8 Å². The van der Waals surface area contributed by atoms with Gasteiger partial charge in [0.15, 0.2) is 6.10 Å². The van der Waals surface area contributed by atoms with Gasteiger partial charge in [0.1, 0.15) is 23.0 Å². The number of hydrogen-bond donors (Lipinski definition) is 2. The van der Waals surface area contributed by atoms with Gasteiger partial charge in [-0.25, -0.2) is 0 Å². The summed E-state index contributed by atoms with van der Waals surface area (Å²) < 4.78 is 56.0. The number of fused-ring (bicyclic) bond motifs is 1. The summed E-state index contributed by atoms with van der Waals surface area (Å²) in [4.78, 5) is 2.53. The number of unbranched alkanes of at least 4 members (excludes halogenated alkanes) is 3. The SMILES string of the molecule is CCCCCN(CCCCOc1ccc(C2Oc3cc(O)ccc3C(C(F)(F)F)=C2c2ccc(O)cc2)cc1)CC(C)C. The highest BCUT2D eigenvalue weighted by molar-refractivity contribution is 5.98. The lowest BCUT2D eigenvalue weighted by Gasteiger charge is -2.33. The number of rotatable bonds is 14. The molecule has 1 atom stereocenters. The van der Waals surface area contributed by atoms with Crippen molar-refractivity contribution in [3.8, 4) is 23.0 Å². The fraction of sp³-hybridized carbons (Fsp3) is 0.429. The van der Waals surface area contributed by atoms with Crippen molar-refractivity contribution in [2.45, 2.75) is 65.2 Å². The predicted octanol–water partition coefficient (Wildman–Crippen LogP) is 9.01. The quantitative estimate of drug-likeness (QED) is 0.182. The van der Waals surface area contributed by atoms with E-state index in [1.54, 1.807) is 24.3 Å². The highest BCUT2D eigenvalue weighted by atomic mass is 19.4. The van der Waals surface area contributed by atoms with Gasteiger partial charge in [0, 0.05) is 23.7 Å². The molecular weight excluding hydrogens is 555 g/mol. The van der Waals surface area contributed by atoms with Crippen LogP contribution in [0.5, 0.6) is 23.0 Å². The Morgan fingerprint density at radius 2 is 1.51 bits per heavy atom. The Morgan fingerprint density at radius 1 is 0.860 bits per heavy atom. The molecule has 0 saturated heterocycles. The third-order valence-electron chi connectivity index (χ3n) is 7.49. The molecule has 0 aromatic heterocycles. The van der Waals surface area contributed by atoms with Crippen LogP contribution in [-0.2, 0) is 0 Å². The van der Waals surface area contributed by atoms with Gasteiger partial charge in [0.25, 0.3) is 0 Å². The van der Waals surface area contributed by atoms with Crippen LogP contribution in [0, 0.1) is 5.92 Å². The fourth-order valence-electron chi connectivity index (χ4n) is 5.52. The summed E-state index contributed by atoms with van der Waals surface area (Å²) in [6, 6.07) is 16.1. The van der Waals surface area contributed by atoms with E-state index >= 15 is 0 Å². The molecule has 0 saturated carbocycles. The Hall–Kier alpha value is -3.65. The number of nitrogens with zero attached hydrogens (tertiary/aromatic N) is 1. The van der Waals surface area contributed by atoms with Gasteiger partial charge >= 0.3 is 6.18 Å². The van der Waals surface area contributed by atoms with Gasteiger partial charge in [-0.2, -0.15) is 13.2 Å². The van der Waals surface area contributed by atoms with Crippen LogP contribution in [-0.4, -0.2) is 47.5 Å². The lowest BCUT2D eigenvalue weighted by atomic mass is 9.85. The number of phenolic OH excluding ortho intramolecular Hbond substituents is 2. The Balaban J connectivity index is 1.50. The summed E-state index contributed by atoms with van der Waals surface area (Å²) in [7, 11) is 0. The molecule has 0 amide bonds. The van der Waals surface area contributed by atoms with Crippen LogP contribution < -0.4 is 9.47 Å². The average Bonchev–Trinajstić information content (AvgIpc) is 2.96. The smallest absolute Gasteiger partial charge is 0.417 e. The normalized spacial score (nSPS) is 15.1. The second-order valence-electron chi connectivity index (χ2n) is 11.5. The molecule has 5 nitrogen and oxygen atoms in total. The van der Waals surface area contributed by atoms with Crippen molar-refractivity contribution in [1.82, 2.24) is 4.90 Å². The molecule has 4 rings (SSSR count). The fourth-order valence-corrected chi connectivity index (χ4v) is 5.52. The maximum atomic E-state index is 14.6. The van der Waals surface area contributed by atoms with Crippen molar-refractivity contribution in [2.75, 3.05) is 26.2 Å². The highest BCUT2D eigenvalue weighted by Gasteiger charge is 2.44. The van der Waals surface area contributed by atoms with Crippen molar-refractivity contribution >= 4 is 11.1 Å². The average molecular weight is 598 g/mol. The standard InChI is InChI=1S/C35H42F3NO4/c1-4-5-6-19-39(23-24(2)3)20-7-8-21-42-29-16-11-26(12-17-29)34-32(25-9-13-27(40)14-10-25)33(35(36,37)38)30-18-15-28(41)22-31(30)43-34/h9-18,22,24,34,40-41H,4-8,19-21,23H2,1-3H3. The molecule has 0 bridgehead atoms. The van der Waals surface area contributed by atoms with Gasteiger partial charge in [-0.3, -0.25) is 0 Å². The summed E-state index contributed by atoms with van der Waals surface area (Å²) in [6.07, 6.45) is -0.201. The Morgan fingerprint density at radius 3 is 2.14 bits per heavy atom. The van der Waals surface area contributed by atoms with Crippen molar-refractivity contribution in [2.24, 2.45) is 5.92 Å². The number of alkyl halides is 3. The maximum absolute atomic E-state index is 14.6. The van der Waals surface area contributed by atoms with E-state index in [0.29, 0.717) is 23.8 Å². The minimum atomic E-state index is -4.70. The summed E-state index contributed by atoms with van der Waals surface area (Å²) in [6.45, 7) is 10.5. The molecule has 1 aliphatic heterocycles. The van der Waals surface area contributed by atoms with E-state index in [1.165, 1.54) is 61.7 Å². The highest BCUT2D eigenvalue weighted by Crippen LogP contribution is 2.53. The first-order valence-corrected chi connectivity index (χ1v) is 15.1. The summed E-state index contributed by atoms with van der Waals surface area (Å²) >= 11 is 0. The van der Waals surface area contributed by atoms with Crippen LogP contribution in [0.25, 0.3) is 11.1 Å². The van der Waals surface area contributed by atoms with E-state index in [-0.39, 0.29) is 33.9 Å². The predicted molar refractivity (Wildman–Crippen MR) is 164 cm³/mol. The molecule has 1 heterocycles. The van der Waals surface area contributed by atoms with E-state index in [2.05, 4.69) is 25.7 Å². The second-order valence-corrected chi connectivity index (χ2v) is 11.5. The van der Waals surface area contributed by atoms with Crippen molar-refractivity contribution in [3.05, 3.63) is 83.4 Å². The molecule has 1 aliphatic rings. The van der Waals surface area contributed by atoms with Crippen LogP contribution >= 0.6 is 0 Å². The van der Waals surface area contributed by atoms with Crippen LogP contribution in [0.1, 0.15) is 75.7 Å². The molecule has 0 spiro atoms. The van der Waals surface area contributed by atoms with E-state index in [0.717, 1.165) is 32.5 Å². The van der Waals surface area contributed by atoms with Crippen molar-refractivity contribution in [1.29, 1.82) is 0 Å². The number of ether oxygens (including phenoxy) is 2. The van der Waals surface area contributed by atoms with Crippen molar-refractivity contribution in [3.63, 3.8) is 0 Å². The Labute approximate surface area is 252 Å². The van der Waals surface area contributed by atoms with E-state index < -0.39 is 17.9 Å². The molecule has 3 aromatic rings. The third-order valence-corrected chi connectivity index (χ3v) is 7.49. The number of benzene rings is 3. The molecular formula is C35H42F3NO4. The lowest BCUT2D eigenvalue weighted by molar-refractivity contribution is -0.0695. The molecule has 1 unspecified atom stereocenters. The van der Waals surface area contributed by atoms with Crippen LogP contribution in [0.15, 0.2) is 66.7 Å². The second kappa shape index (κ2) is 14.7. The van der Waals surface area contributed by atoms with Crippen LogP contribution in [0.3, 0.4) is 0 Å². The zero-order chi connectivity index (χ0) is 31.0. The van der Waals surface area contributed by atoms with E-state index in [1.807, 2.05) is 0 Å². The molecule has 2 N–H and O–H groups in total. The monoisotopic (exact) mass is 597 g/mol. The minimum absolute atomic E-state index is 0.0536. The number of hydrogen-bond acceptors (Lipinski definition) is 5. The Bertz CT molecular complexity index is 1350. The summed E-state index contributed by atoms with van der Waals surface area (Å²) in [5.74, 6) is 0.957. The molecule has 3 aromatic carbocycles. The van der Waals surface area contributed by atoms with Gasteiger partial charge in [0.05, 0.1) is 12.2 Å². The zero-order valence-corrected chi connectivity index (χ0v) is 25.2. The topological polar surface area (TPSA) is 62.2 Å². The van der Waals surface area contributed by atoms with Crippen molar-refractivity contribution < 1.29 is 32.9 Å². The van der Waals surface area contributed by atoms with E-state index in [4.69, 9.17) is 9.47 Å². The summed E-state index contributed by atoms with van der Waals surface area (Å²) in [5.41, 5.74) is -0.282. The first-order chi connectivity index (χ1) is 20.6. The first-order valence-electron chi connectivity index (χ1n) is 15.1. The number of halogens is 3. The molecule has 43 heavy (non-hydrogen) atoms. The van der Waals surface area contributed by atoms with Gasteiger partial charge in [-0.15, -0.1) is 0 Å². The van der Waals surface area contributed by atoms with Crippen LogP contribution in [0.4, 0.5) is 13.2 Å². The largest absolute Gasteiger partial charge is 0.508 e. The molecule has 0 fully saturated rings. The zero-order valence-electron chi connectivity index (χ0n) is 25.2. The third kappa shape index (κ3) is 8.69. The molecule has 232 valence electrons. The maximum Gasteiger partial charge on any atom is 0.417 e. The van der Waals surface area contributed by atoms with Gasteiger partial charge in [-0.1, -0.05) is 57.9 Å². The van der Waals surface area contributed by atoms with E-state index in [9.17, 15) is 23.4 Å². The number of aromatic hydroxyl groups is 2. The van der Waals surface area contributed by atoms with Gasteiger partial charge < -0.3 is 24.6 Å². The number of phenols is 2. The first kappa shape index (κ1) is 32.3. The molecule has 0 radical (unpaired) electrons. The summed E-state index contributed by atoms with van der Waals surface area (Å²) in [5, 5.41) is 19.8. The lowest BCUT2D eigenvalue weighted by Crippen LogP contribution is -2.30. The molecule has 8 heteroatoms. The molecule has 0 aliphatic carbocycles. The van der Waals surface area contributed by atoms with Crippen LogP contribution in [0.2, 0.25) is 0 Å². The Kier molecular flexibility index (Phi) is 11.0. The minimum Gasteiger partial charge on any atom is -0.508 e. The number of allylic oxidation sites excluding steroid dienone is 1.